The van der Waals surface area contributed by atoms with Crippen LogP contribution >= 0.6 is 23.2 Å². The molecule has 0 radical (unpaired) electrons. The van der Waals surface area contributed by atoms with Crippen LogP contribution in [-0.4, -0.2) is 17.5 Å². The molecule has 108 valence electrons. The zero-order valence-electron chi connectivity index (χ0n) is 11.3. The van der Waals surface area contributed by atoms with Crippen LogP contribution < -0.4 is 5.32 Å². The summed E-state index contributed by atoms with van der Waals surface area (Å²) >= 11 is 11.9. The van der Waals surface area contributed by atoms with E-state index >= 15 is 0 Å². The van der Waals surface area contributed by atoms with Gasteiger partial charge >= 0.3 is 6.03 Å². The largest absolute Gasteiger partial charge is 0.322 e. The molecule has 3 rings (SSSR count). The molecule has 0 atom stereocenters. The second-order valence-electron chi connectivity index (χ2n) is 5.03. The second kappa shape index (κ2) is 5.96. The van der Waals surface area contributed by atoms with E-state index in [1.807, 2.05) is 12.1 Å². The number of benzene rings is 2. The van der Waals surface area contributed by atoms with Crippen LogP contribution in [0.5, 0.6) is 0 Å². The van der Waals surface area contributed by atoms with Crippen molar-refractivity contribution in [1.82, 2.24) is 4.90 Å². The first-order chi connectivity index (χ1) is 10.1. The van der Waals surface area contributed by atoms with E-state index in [4.69, 9.17) is 23.2 Å². The van der Waals surface area contributed by atoms with Gasteiger partial charge in [-0.25, -0.2) is 4.79 Å². The van der Waals surface area contributed by atoms with Crippen LogP contribution in [0.3, 0.4) is 0 Å². The lowest BCUT2D eigenvalue weighted by Crippen LogP contribution is -2.38. The number of nitrogens with one attached hydrogen (secondary N) is 1. The van der Waals surface area contributed by atoms with E-state index < -0.39 is 0 Å². The Morgan fingerprint density at radius 1 is 1.05 bits per heavy atom. The molecule has 0 unspecified atom stereocenters. The first kappa shape index (κ1) is 14.2. The number of fused-ring (bicyclic) bond motifs is 1. The van der Waals surface area contributed by atoms with Gasteiger partial charge < -0.3 is 10.2 Å². The summed E-state index contributed by atoms with van der Waals surface area (Å²) in [4.78, 5) is 14.1. The van der Waals surface area contributed by atoms with Crippen LogP contribution in [0.25, 0.3) is 0 Å². The molecule has 0 saturated carbocycles. The quantitative estimate of drug-likeness (QED) is 0.819. The van der Waals surface area contributed by atoms with Gasteiger partial charge in [0.15, 0.2) is 0 Å². The first-order valence-electron chi connectivity index (χ1n) is 6.70. The van der Waals surface area contributed by atoms with E-state index in [9.17, 15) is 4.79 Å². The van der Waals surface area contributed by atoms with Gasteiger partial charge in [-0.15, -0.1) is 0 Å². The minimum Gasteiger partial charge on any atom is -0.320 e. The lowest BCUT2D eigenvalue weighted by atomic mass is 10.0. The molecular weight excluding hydrogens is 307 g/mol. The number of amides is 2. The molecule has 0 fully saturated rings. The van der Waals surface area contributed by atoms with Gasteiger partial charge in [0.25, 0.3) is 0 Å². The van der Waals surface area contributed by atoms with Crippen LogP contribution in [0.4, 0.5) is 10.5 Å². The number of hydrogen-bond acceptors (Lipinski definition) is 1. The van der Waals surface area contributed by atoms with Gasteiger partial charge in [-0.3, -0.25) is 0 Å². The number of carbonyl (C=O) groups is 1. The number of urea groups is 1. The average Bonchev–Trinajstić information content (AvgIpc) is 2.45. The summed E-state index contributed by atoms with van der Waals surface area (Å²) in [6, 6.07) is 13.1. The number of nitrogens with zero attached hydrogens (tertiary/aromatic N) is 1. The third kappa shape index (κ3) is 3.31. The van der Waals surface area contributed by atoms with Gasteiger partial charge in [0.1, 0.15) is 0 Å². The van der Waals surface area contributed by atoms with Crippen molar-refractivity contribution in [3.63, 3.8) is 0 Å². The standard InChI is InChI=1S/C16H14Cl2N2O/c17-13-7-14(18)9-15(8-13)19-16(21)20-6-5-11-3-1-2-4-12(11)10-20/h1-4,7-9H,5-6,10H2,(H,19,21). The molecule has 2 aromatic rings. The van der Waals surface area contributed by atoms with Gasteiger partial charge in [0.2, 0.25) is 0 Å². The van der Waals surface area contributed by atoms with Crippen LogP contribution in [-0.2, 0) is 13.0 Å². The molecule has 5 heteroatoms. The molecule has 1 N–H and O–H groups in total. The number of rotatable bonds is 1. The highest BCUT2D eigenvalue weighted by Gasteiger charge is 2.20. The fraction of sp³-hybridized carbons (Fsp3) is 0.188. The molecule has 2 amide bonds. The Morgan fingerprint density at radius 3 is 2.43 bits per heavy atom. The summed E-state index contributed by atoms with van der Waals surface area (Å²) in [5, 5.41) is 3.85. The summed E-state index contributed by atoms with van der Waals surface area (Å²) < 4.78 is 0. The van der Waals surface area contributed by atoms with Crippen molar-refractivity contribution in [2.45, 2.75) is 13.0 Å². The SMILES string of the molecule is O=C(Nc1cc(Cl)cc(Cl)c1)N1CCc2ccccc2C1. The van der Waals surface area contributed by atoms with Crippen molar-refractivity contribution >= 4 is 34.9 Å². The Bertz CT molecular complexity index is 667. The molecule has 0 bridgehead atoms. The number of anilines is 1. The van der Waals surface area contributed by atoms with Crippen molar-refractivity contribution < 1.29 is 4.79 Å². The lowest BCUT2D eigenvalue weighted by molar-refractivity contribution is 0.206. The molecule has 0 saturated heterocycles. The van der Waals surface area contributed by atoms with Gasteiger partial charge in [-0.2, -0.15) is 0 Å². The number of halogens is 2. The van der Waals surface area contributed by atoms with Gasteiger partial charge in [-0.1, -0.05) is 47.5 Å². The smallest absolute Gasteiger partial charge is 0.320 e. The molecule has 21 heavy (non-hydrogen) atoms. The van der Waals surface area contributed by atoms with E-state index in [2.05, 4.69) is 17.4 Å². The number of carbonyl (C=O) groups excluding carboxylic acids is 1. The fourth-order valence-corrected chi connectivity index (χ4v) is 3.02. The summed E-state index contributed by atoms with van der Waals surface area (Å²) in [6.45, 7) is 1.33. The Labute approximate surface area is 133 Å². The van der Waals surface area contributed by atoms with E-state index in [1.165, 1.54) is 11.1 Å². The Hall–Kier alpha value is -1.71. The van der Waals surface area contributed by atoms with E-state index in [0.29, 0.717) is 28.8 Å². The topological polar surface area (TPSA) is 32.3 Å². The summed E-state index contributed by atoms with van der Waals surface area (Å²) in [5.74, 6) is 0. The number of hydrogen-bond donors (Lipinski definition) is 1. The Balaban J connectivity index is 1.72. The average molecular weight is 321 g/mol. The van der Waals surface area contributed by atoms with Gasteiger partial charge in [0, 0.05) is 28.8 Å². The van der Waals surface area contributed by atoms with Gasteiger partial charge in [0.05, 0.1) is 0 Å². The van der Waals surface area contributed by atoms with Crippen molar-refractivity contribution in [2.24, 2.45) is 0 Å². The lowest BCUT2D eigenvalue weighted by Gasteiger charge is -2.29. The van der Waals surface area contributed by atoms with E-state index in [1.54, 1.807) is 23.1 Å². The monoisotopic (exact) mass is 320 g/mol. The highest BCUT2D eigenvalue weighted by Crippen LogP contribution is 2.24. The zero-order valence-corrected chi connectivity index (χ0v) is 12.8. The summed E-state index contributed by atoms with van der Waals surface area (Å²) in [6.07, 6.45) is 0.875. The molecule has 0 aliphatic carbocycles. The molecular formula is C16H14Cl2N2O. The molecule has 0 aromatic heterocycles. The van der Waals surface area contributed by atoms with Crippen molar-refractivity contribution in [3.05, 3.63) is 63.6 Å². The Kier molecular flexibility index (Phi) is 4.04. The first-order valence-corrected chi connectivity index (χ1v) is 7.46. The molecule has 1 aliphatic rings. The Morgan fingerprint density at radius 2 is 1.71 bits per heavy atom. The molecule has 1 heterocycles. The molecule has 0 spiro atoms. The highest BCUT2D eigenvalue weighted by atomic mass is 35.5. The van der Waals surface area contributed by atoms with Crippen molar-refractivity contribution in [2.75, 3.05) is 11.9 Å². The van der Waals surface area contributed by atoms with E-state index in [-0.39, 0.29) is 6.03 Å². The van der Waals surface area contributed by atoms with Crippen molar-refractivity contribution in [3.8, 4) is 0 Å². The molecule has 1 aliphatic heterocycles. The van der Waals surface area contributed by atoms with Gasteiger partial charge in [-0.05, 0) is 35.7 Å². The normalized spacial score (nSPS) is 13.7. The minimum absolute atomic E-state index is 0.136. The zero-order chi connectivity index (χ0) is 14.8. The maximum absolute atomic E-state index is 12.3. The minimum atomic E-state index is -0.136. The van der Waals surface area contributed by atoms with Crippen LogP contribution in [0.1, 0.15) is 11.1 Å². The predicted octanol–water partition coefficient (Wildman–Crippen LogP) is 4.58. The van der Waals surface area contributed by atoms with E-state index in [0.717, 1.165) is 6.42 Å². The third-order valence-electron chi connectivity index (χ3n) is 3.53. The fourth-order valence-electron chi connectivity index (χ4n) is 2.50. The summed E-state index contributed by atoms with van der Waals surface area (Å²) in [7, 11) is 0. The molecule has 2 aromatic carbocycles. The maximum Gasteiger partial charge on any atom is 0.322 e. The second-order valence-corrected chi connectivity index (χ2v) is 5.90. The third-order valence-corrected chi connectivity index (χ3v) is 3.97. The summed E-state index contributed by atoms with van der Waals surface area (Å²) in [5.41, 5.74) is 3.12. The van der Waals surface area contributed by atoms with Crippen LogP contribution in [0.15, 0.2) is 42.5 Å². The van der Waals surface area contributed by atoms with Crippen LogP contribution in [0, 0.1) is 0 Å². The maximum atomic E-state index is 12.3. The molecule has 3 nitrogen and oxygen atoms in total. The highest BCUT2D eigenvalue weighted by molar-refractivity contribution is 6.35. The van der Waals surface area contributed by atoms with Crippen LogP contribution in [0.2, 0.25) is 10.0 Å². The van der Waals surface area contributed by atoms with Crippen molar-refractivity contribution in [1.29, 1.82) is 0 Å². The predicted molar refractivity (Wildman–Crippen MR) is 86.0 cm³/mol.